The van der Waals surface area contributed by atoms with Gasteiger partial charge in [-0.15, -0.1) is 0 Å². The number of phenols is 1. The highest BCUT2D eigenvalue weighted by atomic mass is 16.3. The smallest absolute Gasteiger partial charge is 0.222 e. The van der Waals surface area contributed by atoms with E-state index in [1.165, 1.54) is 6.92 Å². The van der Waals surface area contributed by atoms with Crippen LogP contribution < -0.4 is 10.6 Å². The number of aromatic nitrogens is 1. The van der Waals surface area contributed by atoms with Gasteiger partial charge in [0.2, 0.25) is 5.91 Å². The second-order valence-corrected chi connectivity index (χ2v) is 6.17. The molecule has 0 spiro atoms. The number of nitrogens with one attached hydrogen (secondary N) is 2. The van der Waals surface area contributed by atoms with Gasteiger partial charge in [-0.3, -0.25) is 4.79 Å². The van der Waals surface area contributed by atoms with Gasteiger partial charge in [0.25, 0.3) is 0 Å². The second-order valence-electron chi connectivity index (χ2n) is 6.17. The van der Waals surface area contributed by atoms with Gasteiger partial charge < -0.3 is 15.7 Å². The standard InChI is InChI=1S/C19H20N4O2/c1-12(24)22-19-16(10-20)15(13-5-4-8-21-11-13)9-17(23-19)14-6-2-3-7-18(14)25/h2-3,6-7,9,13,21,25H,4-5,8,11H2,1H3,(H,22,23,24). The molecule has 6 nitrogen and oxygen atoms in total. The quantitative estimate of drug-likeness (QED) is 0.800. The van der Waals surface area contributed by atoms with Gasteiger partial charge in [0, 0.05) is 19.0 Å². The second kappa shape index (κ2) is 7.32. The maximum atomic E-state index is 11.6. The first-order valence-corrected chi connectivity index (χ1v) is 8.32. The van der Waals surface area contributed by atoms with Crippen LogP contribution in [-0.4, -0.2) is 29.1 Å². The van der Waals surface area contributed by atoms with Gasteiger partial charge in [0.05, 0.1) is 11.3 Å². The molecule has 0 saturated carbocycles. The molecule has 1 amide bonds. The molecule has 0 aliphatic carbocycles. The predicted octanol–water partition coefficient (Wildman–Crippen LogP) is 2.75. The predicted molar refractivity (Wildman–Crippen MR) is 95.2 cm³/mol. The van der Waals surface area contributed by atoms with Crippen molar-refractivity contribution < 1.29 is 9.90 Å². The van der Waals surface area contributed by atoms with E-state index in [2.05, 4.69) is 21.7 Å². The number of rotatable bonds is 3. The first kappa shape index (κ1) is 16.9. The Hall–Kier alpha value is -2.91. The number of nitriles is 1. The van der Waals surface area contributed by atoms with Crippen LogP contribution >= 0.6 is 0 Å². The van der Waals surface area contributed by atoms with Gasteiger partial charge in [-0.2, -0.15) is 5.26 Å². The molecule has 2 aromatic rings. The highest BCUT2D eigenvalue weighted by Crippen LogP contribution is 2.35. The number of benzene rings is 1. The number of pyridine rings is 1. The molecule has 25 heavy (non-hydrogen) atoms. The van der Waals surface area contributed by atoms with E-state index in [1.807, 2.05) is 12.1 Å². The first-order valence-electron chi connectivity index (χ1n) is 8.32. The molecule has 128 valence electrons. The molecular weight excluding hydrogens is 316 g/mol. The number of amides is 1. The lowest BCUT2D eigenvalue weighted by atomic mass is 9.88. The van der Waals surface area contributed by atoms with Crippen LogP contribution in [0.25, 0.3) is 11.3 Å². The third kappa shape index (κ3) is 3.62. The Labute approximate surface area is 146 Å². The van der Waals surface area contributed by atoms with Crippen molar-refractivity contribution in [2.24, 2.45) is 0 Å². The number of anilines is 1. The summed E-state index contributed by atoms with van der Waals surface area (Å²) in [6.45, 7) is 3.13. The van der Waals surface area contributed by atoms with Crippen LogP contribution in [0.4, 0.5) is 5.82 Å². The molecule has 0 radical (unpaired) electrons. The lowest BCUT2D eigenvalue weighted by Gasteiger charge is -2.25. The number of phenolic OH excluding ortho intramolecular Hbond substituents is 1. The molecule has 2 heterocycles. The maximum absolute atomic E-state index is 11.6. The van der Waals surface area contributed by atoms with E-state index in [9.17, 15) is 15.2 Å². The maximum Gasteiger partial charge on any atom is 0.222 e. The van der Waals surface area contributed by atoms with Crippen molar-refractivity contribution in [2.45, 2.75) is 25.7 Å². The minimum absolute atomic E-state index is 0.112. The third-order valence-electron chi connectivity index (χ3n) is 4.37. The molecule has 0 bridgehead atoms. The molecular formula is C19H20N4O2. The van der Waals surface area contributed by atoms with Crippen molar-refractivity contribution in [2.75, 3.05) is 18.4 Å². The molecule has 3 N–H and O–H groups in total. The Morgan fingerprint density at radius 2 is 2.24 bits per heavy atom. The van der Waals surface area contributed by atoms with Crippen molar-refractivity contribution in [3.8, 4) is 23.1 Å². The minimum Gasteiger partial charge on any atom is -0.507 e. The lowest BCUT2D eigenvalue weighted by Crippen LogP contribution is -2.29. The summed E-state index contributed by atoms with van der Waals surface area (Å²) in [7, 11) is 0. The van der Waals surface area contributed by atoms with Crippen LogP contribution in [0.2, 0.25) is 0 Å². The summed E-state index contributed by atoms with van der Waals surface area (Å²) in [4.78, 5) is 16.0. The topological polar surface area (TPSA) is 98.0 Å². The molecule has 1 atom stereocenters. The van der Waals surface area contributed by atoms with E-state index in [1.54, 1.807) is 18.2 Å². The summed E-state index contributed by atoms with van der Waals surface area (Å²) in [6, 6.07) is 11.0. The van der Waals surface area contributed by atoms with Crippen LogP contribution in [0.15, 0.2) is 30.3 Å². The number of aromatic hydroxyl groups is 1. The van der Waals surface area contributed by atoms with Crippen LogP contribution in [0.5, 0.6) is 5.75 Å². The molecule has 6 heteroatoms. The monoisotopic (exact) mass is 336 g/mol. The molecule has 1 aliphatic rings. The van der Waals surface area contributed by atoms with Crippen molar-refractivity contribution in [3.05, 3.63) is 41.5 Å². The summed E-state index contributed by atoms with van der Waals surface area (Å²) in [5.74, 6) is 0.243. The van der Waals surface area contributed by atoms with Crippen molar-refractivity contribution in [1.29, 1.82) is 5.26 Å². The van der Waals surface area contributed by atoms with Crippen LogP contribution in [0, 0.1) is 11.3 Å². The Kier molecular flexibility index (Phi) is 4.96. The molecule has 1 aliphatic heterocycles. The summed E-state index contributed by atoms with van der Waals surface area (Å²) < 4.78 is 0. The van der Waals surface area contributed by atoms with E-state index < -0.39 is 0 Å². The van der Waals surface area contributed by atoms with E-state index in [0.29, 0.717) is 16.8 Å². The summed E-state index contributed by atoms with van der Waals surface area (Å²) >= 11 is 0. The van der Waals surface area contributed by atoms with Gasteiger partial charge in [-0.25, -0.2) is 4.98 Å². The number of hydrogen-bond donors (Lipinski definition) is 3. The fourth-order valence-corrected chi connectivity index (χ4v) is 3.21. The zero-order valence-corrected chi connectivity index (χ0v) is 14.0. The van der Waals surface area contributed by atoms with Crippen molar-refractivity contribution in [1.82, 2.24) is 10.3 Å². The van der Waals surface area contributed by atoms with Crippen LogP contribution in [0.3, 0.4) is 0 Å². The zero-order valence-electron chi connectivity index (χ0n) is 14.0. The zero-order chi connectivity index (χ0) is 17.8. The number of nitrogens with zero attached hydrogens (tertiary/aromatic N) is 2. The Balaban J connectivity index is 2.18. The molecule has 1 saturated heterocycles. The Morgan fingerprint density at radius 3 is 2.88 bits per heavy atom. The number of carbonyl (C=O) groups is 1. The average Bonchev–Trinajstić information content (AvgIpc) is 2.62. The third-order valence-corrected chi connectivity index (χ3v) is 4.37. The number of hydrogen-bond acceptors (Lipinski definition) is 5. The van der Waals surface area contributed by atoms with Gasteiger partial charge in [-0.1, -0.05) is 12.1 Å². The lowest BCUT2D eigenvalue weighted by molar-refractivity contribution is -0.114. The van der Waals surface area contributed by atoms with E-state index in [-0.39, 0.29) is 23.4 Å². The van der Waals surface area contributed by atoms with Gasteiger partial charge >= 0.3 is 0 Å². The normalized spacial score (nSPS) is 16.9. The highest BCUT2D eigenvalue weighted by molar-refractivity contribution is 5.90. The summed E-state index contributed by atoms with van der Waals surface area (Å²) in [5, 5.41) is 25.8. The van der Waals surface area contributed by atoms with Gasteiger partial charge in [-0.05, 0) is 49.1 Å². The largest absolute Gasteiger partial charge is 0.507 e. The van der Waals surface area contributed by atoms with Crippen molar-refractivity contribution >= 4 is 11.7 Å². The fourth-order valence-electron chi connectivity index (χ4n) is 3.21. The van der Waals surface area contributed by atoms with Crippen LogP contribution in [0.1, 0.15) is 36.8 Å². The molecule has 1 fully saturated rings. The van der Waals surface area contributed by atoms with E-state index in [4.69, 9.17) is 0 Å². The van der Waals surface area contributed by atoms with Gasteiger partial charge in [0.1, 0.15) is 11.8 Å². The first-order chi connectivity index (χ1) is 12.1. The number of para-hydroxylation sites is 1. The van der Waals surface area contributed by atoms with Crippen molar-refractivity contribution in [3.63, 3.8) is 0 Å². The van der Waals surface area contributed by atoms with Gasteiger partial charge in [0.15, 0.2) is 5.82 Å². The molecule has 1 aromatic carbocycles. The molecule has 1 unspecified atom stereocenters. The summed E-state index contributed by atoms with van der Waals surface area (Å²) in [5.41, 5.74) is 2.36. The molecule has 1 aromatic heterocycles. The number of carbonyl (C=O) groups excluding carboxylic acids is 1. The Bertz CT molecular complexity index is 836. The average molecular weight is 336 g/mol. The Morgan fingerprint density at radius 1 is 1.44 bits per heavy atom. The number of piperidine rings is 1. The minimum atomic E-state index is -0.286. The SMILES string of the molecule is CC(=O)Nc1nc(-c2ccccc2O)cc(C2CCCNC2)c1C#N. The molecule has 3 rings (SSSR count). The van der Waals surface area contributed by atoms with Crippen LogP contribution in [-0.2, 0) is 4.79 Å². The van der Waals surface area contributed by atoms with E-state index in [0.717, 1.165) is 31.5 Å². The highest BCUT2D eigenvalue weighted by Gasteiger charge is 2.23. The summed E-state index contributed by atoms with van der Waals surface area (Å²) in [6.07, 6.45) is 1.99. The van der Waals surface area contributed by atoms with E-state index >= 15 is 0 Å². The fraction of sp³-hybridized carbons (Fsp3) is 0.316.